The average Bonchev–Trinajstić information content (AvgIpc) is 2.30. The Morgan fingerprint density at radius 2 is 2.14 bits per heavy atom. The van der Waals surface area contributed by atoms with E-state index < -0.39 is 34.5 Å². The molecule has 0 aliphatic carbocycles. The molecule has 0 spiro atoms. The van der Waals surface area contributed by atoms with Gasteiger partial charge in [-0.1, -0.05) is 0 Å². The highest BCUT2D eigenvalue weighted by atomic mass is 32.2. The van der Waals surface area contributed by atoms with Gasteiger partial charge >= 0.3 is 0 Å². The van der Waals surface area contributed by atoms with E-state index in [4.69, 9.17) is 14.7 Å². The maximum atomic E-state index is 10.9. The summed E-state index contributed by atoms with van der Waals surface area (Å²) < 4.78 is 31.7. The summed E-state index contributed by atoms with van der Waals surface area (Å²) in [6.45, 7) is 1.75. The van der Waals surface area contributed by atoms with Crippen molar-refractivity contribution >= 4 is 10.1 Å². The molecule has 1 saturated heterocycles. The fourth-order valence-corrected chi connectivity index (χ4v) is 2.07. The van der Waals surface area contributed by atoms with Crippen LogP contribution >= 0.6 is 0 Å². The number of rotatable bonds is 3. The molecule has 1 fully saturated rings. The zero-order chi connectivity index (χ0) is 10.9. The summed E-state index contributed by atoms with van der Waals surface area (Å²) in [7, 11) is -3.60. The Morgan fingerprint density at radius 3 is 2.57 bits per heavy atom. The molecule has 0 bridgehead atoms. The zero-order valence-corrected chi connectivity index (χ0v) is 8.90. The van der Waals surface area contributed by atoms with Crippen LogP contribution in [0.1, 0.15) is 6.92 Å². The second-order valence-electron chi connectivity index (χ2n) is 3.37. The predicted octanol–water partition coefficient (Wildman–Crippen LogP) is -1.56. The van der Waals surface area contributed by atoms with E-state index >= 15 is 0 Å². The molecule has 1 rings (SSSR count). The Balaban J connectivity index is 2.74. The third kappa shape index (κ3) is 2.64. The molecule has 1 heterocycles. The topological polar surface area (TPSA) is 98.9 Å². The highest BCUT2D eigenvalue weighted by Crippen LogP contribution is 2.24. The van der Waals surface area contributed by atoms with Crippen LogP contribution in [0, 0.1) is 0 Å². The largest absolute Gasteiger partial charge is 0.388 e. The fraction of sp³-hybridized carbons (Fsp3) is 1.00. The van der Waals surface area contributed by atoms with Crippen LogP contribution in [0.5, 0.6) is 0 Å². The molecular formula is C7H15NO5S. The standard InChI is InChI=1S/C7H15NO5S/c1-4-6(9)7(5(3-8)12-4)13-14(2,10)11/h4-7,9H,3,8H2,1-2H3. The minimum absolute atomic E-state index is 0.113. The molecule has 1 aliphatic heterocycles. The third-order valence-corrected chi connectivity index (χ3v) is 2.66. The first-order valence-electron chi connectivity index (χ1n) is 4.27. The second-order valence-corrected chi connectivity index (χ2v) is 4.97. The normalized spacial score (nSPS) is 38.9. The Hall–Kier alpha value is -0.210. The number of nitrogens with two attached hydrogens (primary N) is 1. The van der Waals surface area contributed by atoms with Crippen LogP contribution in [0.2, 0.25) is 0 Å². The minimum Gasteiger partial charge on any atom is -0.388 e. The highest BCUT2D eigenvalue weighted by Gasteiger charge is 2.43. The van der Waals surface area contributed by atoms with Crippen LogP contribution in [0.3, 0.4) is 0 Å². The summed E-state index contributed by atoms with van der Waals surface area (Å²) in [5.74, 6) is 0. The first kappa shape index (κ1) is 11.9. The van der Waals surface area contributed by atoms with E-state index in [0.717, 1.165) is 6.26 Å². The second kappa shape index (κ2) is 4.11. The molecule has 0 amide bonds. The maximum absolute atomic E-state index is 10.9. The van der Waals surface area contributed by atoms with Crippen molar-refractivity contribution in [3.8, 4) is 0 Å². The average molecular weight is 225 g/mol. The van der Waals surface area contributed by atoms with Gasteiger partial charge in [0.05, 0.1) is 12.4 Å². The molecule has 1 aliphatic rings. The molecule has 14 heavy (non-hydrogen) atoms. The van der Waals surface area contributed by atoms with Gasteiger partial charge in [-0.15, -0.1) is 0 Å². The summed E-state index contributed by atoms with van der Waals surface area (Å²) in [5, 5.41) is 9.55. The molecule has 3 N–H and O–H groups in total. The number of aliphatic hydroxyl groups excluding tert-OH is 1. The summed E-state index contributed by atoms with van der Waals surface area (Å²) >= 11 is 0. The lowest BCUT2D eigenvalue weighted by atomic mass is 10.1. The molecular weight excluding hydrogens is 210 g/mol. The molecule has 84 valence electrons. The van der Waals surface area contributed by atoms with Crippen molar-refractivity contribution in [1.82, 2.24) is 0 Å². The number of aliphatic hydroxyl groups is 1. The van der Waals surface area contributed by atoms with Crippen molar-refractivity contribution in [2.45, 2.75) is 31.3 Å². The van der Waals surface area contributed by atoms with Gasteiger partial charge in [0.25, 0.3) is 10.1 Å². The monoisotopic (exact) mass is 225 g/mol. The van der Waals surface area contributed by atoms with E-state index in [0.29, 0.717) is 0 Å². The van der Waals surface area contributed by atoms with E-state index in [-0.39, 0.29) is 6.54 Å². The van der Waals surface area contributed by atoms with Gasteiger partial charge in [0.1, 0.15) is 18.3 Å². The highest BCUT2D eigenvalue weighted by molar-refractivity contribution is 7.86. The van der Waals surface area contributed by atoms with Crippen LogP contribution in [-0.4, -0.2) is 50.7 Å². The van der Waals surface area contributed by atoms with Crippen molar-refractivity contribution in [2.75, 3.05) is 12.8 Å². The van der Waals surface area contributed by atoms with Crippen molar-refractivity contribution in [3.63, 3.8) is 0 Å². The SMILES string of the molecule is CC1OC(CN)C(OS(C)(=O)=O)C1O. The van der Waals surface area contributed by atoms with Crippen LogP contribution < -0.4 is 5.73 Å². The molecule has 7 heteroatoms. The van der Waals surface area contributed by atoms with Gasteiger partial charge in [0.15, 0.2) is 0 Å². The van der Waals surface area contributed by atoms with Crippen LogP contribution in [0.25, 0.3) is 0 Å². The Morgan fingerprint density at radius 1 is 1.57 bits per heavy atom. The van der Waals surface area contributed by atoms with E-state index in [1.54, 1.807) is 6.92 Å². The Kier molecular flexibility index (Phi) is 3.49. The van der Waals surface area contributed by atoms with Gasteiger partial charge < -0.3 is 15.6 Å². The lowest BCUT2D eigenvalue weighted by Gasteiger charge is -2.17. The summed E-state index contributed by atoms with van der Waals surface area (Å²) in [6.07, 6.45) is -1.97. The number of hydrogen-bond donors (Lipinski definition) is 2. The quantitative estimate of drug-likeness (QED) is 0.563. The number of hydrogen-bond acceptors (Lipinski definition) is 6. The molecule has 0 saturated carbocycles. The van der Waals surface area contributed by atoms with Gasteiger partial charge in [0, 0.05) is 6.54 Å². The van der Waals surface area contributed by atoms with Gasteiger partial charge in [-0.2, -0.15) is 8.42 Å². The van der Waals surface area contributed by atoms with Crippen LogP contribution in [0.15, 0.2) is 0 Å². The van der Waals surface area contributed by atoms with Crippen molar-refractivity contribution in [1.29, 1.82) is 0 Å². The van der Waals surface area contributed by atoms with Gasteiger partial charge in [-0.05, 0) is 6.92 Å². The van der Waals surface area contributed by atoms with Crippen molar-refractivity contribution in [2.24, 2.45) is 5.73 Å². The van der Waals surface area contributed by atoms with Gasteiger partial charge in [0.2, 0.25) is 0 Å². The summed E-state index contributed by atoms with van der Waals surface area (Å²) in [5.41, 5.74) is 5.36. The zero-order valence-electron chi connectivity index (χ0n) is 8.08. The van der Waals surface area contributed by atoms with Crippen molar-refractivity contribution in [3.05, 3.63) is 0 Å². The Bertz CT molecular complexity index is 290. The molecule has 0 radical (unpaired) electrons. The van der Waals surface area contributed by atoms with Gasteiger partial charge in [-0.25, -0.2) is 0 Å². The molecule has 0 aromatic carbocycles. The summed E-state index contributed by atoms with van der Waals surface area (Å²) in [6, 6.07) is 0. The van der Waals surface area contributed by atoms with E-state index in [1.807, 2.05) is 0 Å². The molecule has 6 nitrogen and oxygen atoms in total. The Labute approximate surface area is 83.1 Å². The van der Waals surface area contributed by atoms with Crippen molar-refractivity contribution < 1.29 is 22.4 Å². The predicted molar refractivity (Wildman–Crippen MR) is 49.1 cm³/mol. The number of ether oxygens (including phenoxy) is 1. The molecule has 0 aromatic rings. The van der Waals surface area contributed by atoms with E-state index in [2.05, 4.69) is 0 Å². The lowest BCUT2D eigenvalue weighted by molar-refractivity contribution is 0.0248. The molecule has 4 unspecified atom stereocenters. The third-order valence-electron chi connectivity index (χ3n) is 2.09. The fourth-order valence-electron chi connectivity index (χ4n) is 1.43. The molecule has 4 atom stereocenters. The lowest BCUT2D eigenvalue weighted by Crippen LogP contribution is -2.39. The minimum atomic E-state index is -3.60. The first-order valence-corrected chi connectivity index (χ1v) is 6.08. The molecule has 0 aromatic heterocycles. The first-order chi connectivity index (χ1) is 6.35. The van der Waals surface area contributed by atoms with E-state index in [9.17, 15) is 13.5 Å². The summed E-state index contributed by atoms with van der Waals surface area (Å²) in [4.78, 5) is 0. The maximum Gasteiger partial charge on any atom is 0.264 e. The van der Waals surface area contributed by atoms with E-state index in [1.165, 1.54) is 0 Å². The smallest absolute Gasteiger partial charge is 0.264 e. The van der Waals surface area contributed by atoms with Crippen LogP contribution in [0.4, 0.5) is 0 Å². The van der Waals surface area contributed by atoms with Gasteiger partial charge in [-0.3, -0.25) is 4.18 Å². The van der Waals surface area contributed by atoms with Crippen LogP contribution in [-0.2, 0) is 19.0 Å².